The van der Waals surface area contributed by atoms with Gasteiger partial charge in [-0.25, -0.2) is 4.98 Å². The predicted molar refractivity (Wildman–Crippen MR) is 134 cm³/mol. The number of nitrogens with zero attached hydrogens (tertiary/aromatic N) is 2. The predicted octanol–water partition coefficient (Wildman–Crippen LogP) is 3.42. The molecular formula is C25H29N5O3S. The highest BCUT2D eigenvalue weighted by atomic mass is 32.2. The highest BCUT2D eigenvalue weighted by molar-refractivity contribution is 7.85. The minimum atomic E-state index is -1.21. The zero-order chi connectivity index (χ0) is 24.7. The van der Waals surface area contributed by atoms with Crippen LogP contribution in [0, 0.1) is 17.7 Å². The van der Waals surface area contributed by atoms with Gasteiger partial charge < -0.3 is 15.2 Å². The zero-order valence-corrected chi connectivity index (χ0v) is 20.3. The van der Waals surface area contributed by atoms with E-state index in [1.54, 1.807) is 49.5 Å². The van der Waals surface area contributed by atoms with Gasteiger partial charge in [-0.1, -0.05) is 31.2 Å². The topological polar surface area (TPSA) is 132 Å². The van der Waals surface area contributed by atoms with Gasteiger partial charge in [0.05, 0.1) is 28.4 Å². The van der Waals surface area contributed by atoms with Crippen molar-refractivity contribution in [2.75, 3.05) is 13.7 Å². The van der Waals surface area contributed by atoms with Gasteiger partial charge in [-0.05, 0) is 50.2 Å². The van der Waals surface area contributed by atoms with E-state index in [9.17, 15) is 4.21 Å². The maximum absolute atomic E-state index is 12.5. The average molecular weight is 480 g/mol. The third-order valence-corrected chi connectivity index (χ3v) is 6.96. The molecule has 2 aromatic carbocycles. The molecule has 9 heteroatoms. The normalized spacial score (nSPS) is 12.7. The van der Waals surface area contributed by atoms with Crippen molar-refractivity contribution in [1.82, 2.24) is 15.3 Å². The van der Waals surface area contributed by atoms with Crippen molar-refractivity contribution in [1.29, 1.82) is 10.8 Å². The first-order valence-electron chi connectivity index (χ1n) is 10.9. The molecule has 2 atom stereocenters. The Hall–Kier alpha value is -3.27. The Labute approximate surface area is 201 Å². The van der Waals surface area contributed by atoms with Gasteiger partial charge >= 0.3 is 0 Å². The summed E-state index contributed by atoms with van der Waals surface area (Å²) in [5, 5.41) is 28.6. The number of benzene rings is 2. The summed E-state index contributed by atoms with van der Waals surface area (Å²) >= 11 is 0. The molecule has 2 unspecified atom stereocenters. The molecule has 8 nitrogen and oxygen atoms in total. The van der Waals surface area contributed by atoms with Crippen molar-refractivity contribution in [2.45, 2.75) is 37.0 Å². The van der Waals surface area contributed by atoms with E-state index in [0.717, 1.165) is 17.7 Å². The molecule has 0 aliphatic heterocycles. The number of hydrogen-bond donors (Lipinski definition) is 4. The van der Waals surface area contributed by atoms with Crippen molar-refractivity contribution in [2.24, 2.45) is 0 Å². The van der Waals surface area contributed by atoms with Gasteiger partial charge in [-0.2, -0.15) is 0 Å². The second-order valence-corrected chi connectivity index (χ2v) is 9.69. The van der Waals surface area contributed by atoms with Crippen LogP contribution in [0.2, 0.25) is 0 Å². The maximum atomic E-state index is 12.5. The van der Waals surface area contributed by atoms with Crippen molar-refractivity contribution in [3.63, 3.8) is 0 Å². The Morgan fingerprint density at radius 2 is 1.79 bits per heavy atom. The van der Waals surface area contributed by atoms with E-state index in [0.29, 0.717) is 28.3 Å². The lowest BCUT2D eigenvalue weighted by Crippen LogP contribution is -2.16. The fourth-order valence-corrected chi connectivity index (χ4v) is 4.46. The molecule has 0 saturated carbocycles. The minimum Gasteiger partial charge on any atom is -0.419 e. The van der Waals surface area contributed by atoms with Crippen LogP contribution in [0.1, 0.15) is 35.9 Å². The van der Waals surface area contributed by atoms with Gasteiger partial charge in [0, 0.05) is 34.4 Å². The van der Waals surface area contributed by atoms with Crippen LogP contribution in [-0.2, 0) is 22.1 Å². The standard InChI is InChI=1S/C25H29N5O3S/c1-16(12-13-31)34(32)21-10-8-19(9-11-21)22-15-29-17(2)23(30-22)25(27)33-24(26)20-6-4-18(5-7-20)14-28-3/h4-11,15-16,26-28,31H,12-14H2,1-3H3. The lowest BCUT2D eigenvalue weighted by Gasteiger charge is -2.12. The van der Waals surface area contributed by atoms with E-state index in [1.165, 1.54) is 0 Å². The molecule has 0 spiro atoms. The smallest absolute Gasteiger partial charge is 0.241 e. The van der Waals surface area contributed by atoms with Crippen LogP contribution in [0.15, 0.2) is 59.6 Å². The van der Waals surface area contributed by atoms with Gasteiger partial charge in [0.1, 0.15) is 5.69 Å². The van der Waals surface area contributed by atoms with Crippen LogP contribution in [-0.4, -0.2) is 50.0 Å². The van der Waals surface area contributed by atoms with Crippen LogP contribution in [0.4, 0.5) is 0 Å². The highest BCUT2D eigenvalue weighted by Crippen LogP contribution is 2.22. The van der Waals surface area contributed by atoms with Crippen molar-refractivity contribution in [3.05, 3.63) is 77.2 Å². The molecule has 0 aliphatic carbocycles. The Balaban J connectivity index is 1.76. The van der Waals surface area contributed by atoms with Crippen LogP contribution in [0.5, 0.6) is 0 Å². The Morgan fingerprint density at radius 1 is 1.12 bits per heavy atom. The van der Waals surface area contributed by atoms with Gasteiger partial charge in [0.15, 0.2) is 0 Å². The zero-order valence-electron chi connectivity index (χ0n) is 19.5. The Kier molecular flexibility index (Phi) is 8.75. The van der Waals surface area contributed by atoms with Crippen LogP contribution >= 0.6 is 0 Å². The van der Waals surface area contributed by atoms with Gasteiger partial charge in [-0.15, -0.1) is 0 Å². The van der Waals surface area contributed by atoms with Crippen LogP contribution in [0.3, 0.4) is 0 Å². The largest absolute Gasteiger partial charge is 0.419 e. The number of aliphatic hydroxyl groups is 1. The van der Waals surface area contributed by atoms with E-state index in [-0.39, 0.29) is 29.3 Å². The molecule has 0 bridgehead atoms. The van der Waals surface area contributed by atoms with E-state index < -0.39 is 10.8 Å². The van der Waals surface area contributed by atoms with Gasteiger partial charge in [0.2, 0.25) is 11.8 Å². The third kappa shape index (κ3) is 6.19. The average Bonchev–Trinajstić information content (AvgIpc) is 2.84. The van der Waals surface area contributed by atoms with Gasteiger partial charge in [-0.3, -0.25) is 20.0 Å². The number of aryl methyl sites for hydroxylation is 1. The highest BCUT2D eigenvalue weighted by Gasteiger charge is 2.16. The summed E-state index contributed by atoms with van der Waals surface area (Å²) in [6.45, 7) is 4.30. The molecule has 34 heavy (non-hydrogen) atoms. The summed E-state index contributed by atoms with van der Waals surface area (Å²) in [5.41, 5.74) is 3.70. The molecule has 0 amide bonds. The summed E-state index contributed by atoms with van der Waals surface area (Å²) < 4.78 is 18.0. The summed E-state index contributed by atoms with van der Waals surface area (Å²) in [6, 6.07) is 14.5. The number of hydrogen-bond acceptors (Lipinski definition) is 8. The SMILES string of the molecule is CNCc1ccc(C(=N)OC(=N)c2nc(-c3ccc(S(=O)C(C)CCO)cc3)cnc2C)cc1. The number of nitrogens with one attached hydrogen (secondary N) is 3. The number of ether oxygens (including phenoxy) is 1. The number of aliphatic hydroxyl groups excluding tert-OH is 1. The second kappa shape index (κ2) is 11.7. The molecule has 0 aliphatic rings. The molecule has 1 aromatic heterocycles. The maximum Gasteiger partial charge on any atom is 0.241 e. The van der Waals surface area contributed by atoms with E-state index in [2.05, 4.69) is 15.3 Å². The molecule has 4 N–H and O–H groups in total. The number of rotatable bonds is 9. The van der Waals surface area contributed by atoms with E-state index in [4.69, 9.17) is 20.7 Å². The first-order valence-corrected chi connectivity index (χ1v) is 12.1. The molecule has 178 valence electrons. The Morgan fingerprint density at radius 3 is 2.41 bits per heavy atom. The van der Waals surface area contributed by atoms with E-state index in [1.807, 2.05) is 26.1 Å². The molecule has 1 heterocycles. The quantitative estimate of drug-likeness (QED) is 0.275. The summed E-state index contributed by atoms with van der Waals surface area (Å²) in [5.74, 6) is -0.400. The van der Waals surface area contributed by atoms with Gasteiger partial charge in [0.25, 0.3) is 0 Å². The molecule has 0 saturated heterocycles. The van der Waals surface area contributed by atoms with Crippen molar-refractivity contribution >= 4 is 22.6 Å². The summed E-state index contributed by atoms with van der Waals surface area (Å²) in [7, 11) is 0.655. The molecule has 0 fully saturated rings. The summed E-state index contributed by atoms with van der Waals surface area (Å²) in [6.07, 6.45) is 2.08. The minimum absolute atomic E-state index is 0.000138. The molecule has 0 radical (unpaired) electrons. The Bertz CT molecular complexity index is 1180. The first kappa shape index (κ1) is 25.4. The summed E-state index contributed by atoms with van der Waals surface area (Å²) in [4.78, 5) is 9.57. The van der Waals surface area contributed by atoms with Crippen molar-refractivity contribution < 1.29 is 14.1 Å². The molecule has 3 rings (SSSR count). The molecular weight excluding hydrogens is 450 g/mol. The van der Waals surface area contributed by atoms with Crippen LogP contribution in [0.25, 0.3) is 11.3 Å². The van der Waals surface area contributed by atoms with E-state index >= 15 is 0 Å². The monoisotopic (exact) mass is 479 g/mol. The first-order chi connectivity index (χ1) is 16.3. The third-order valence-electron chi connectivity index (χ3n) is 5.26. The number of aromatic nitrogens is 2. The fraction of sp³-hybridized carbons (Fsp3) is 0.280. The second-order valence-electron chi connectivity index (χ2n) is 7.82. The lowest BCUT2D eigenvalue weighted by molar-refractivity contribution is 0.288. The fourth-order valence-electron chi connectivity index (χ4n) is 3.27. The molecule has 3 aromatic rings. The van der Waals surface area contributed by atoms with Crippen molar-refractivity contribution in [3.8, 4) is 11.3 Å². The lowest BCUT2D eigenvalue weighted by atomic mass is 10.1. The van der Waals surface area contributed by atoms with Crippen LogP contribution < -0.4 is 5.32 Å².